The topological polar surface area (TPSA) is 67.4 Å². The summed E-state index contributed by atoms with van der Waals surface area (Å²) in [5.41, 5.74) is -0.313. The highest BCUT2D eigenvalue weighted by Crippen LogP contribution is 2.23. The van der Waals surface area contributed by atoms with Crippen molar-refractivity contribution in [2.45, 2.75) is 37.7 Å². The van der Waals surface area contributed by atoms with Crippen LogP contribution >= 0.6 is 11.6 Å². The number of amides is 3. The Labute approximate surface area is 99.9 Å². The molecule has 1 fully saturated rings. The van der Waals surface area contributed by atoms with Crippen LogP contribution in [0.1, 0.15) is 26.7 Å². The monoisotopic (exact) mass is 248 g/mol. The first-order valence-electron chi connectivity index (χ1n) is 5.30. The maximum Gasteiger partial charge on any atom is 0.321 e. The Morgan fingerprint density at radius 1 is 1.56 bits per heavy atom. The summed E-state index contributed by atoms with van der Waals surface area (Å²) in [4.78, 5) is 22.4. The van der Waals surface area contributed by atoms with Gasteiger partial charge in [-0.3, -0.25) is 10.1 Å². The molecule has 1 aliphatic heterocycles. The largest absolute Gasteiger partial charge is 0.373 e. The molecule has 0 bridgehead atoms. The van der Waals surface area contributed by atoms with Gasteiger partial charge in [0.25, 0.3) is 0 Å². The van der Waals surface area contributed by atoms with E-state index in [-0.39, 0.29) is 5.60 Å². The SMILES string of the molecule is CC(Cl)C(=O)NC(=O)NCC1(C)CCCO1. The molecule has 92 valence electrons. The highest BCUT2D eigenvalue weighted by molar-refractivity contribution is 6.31. The molecule has 1 saturated heterocycles. The average Bonchev–Trinajstić information content (AvgIpc) is 2.63. The number of imide groups is 1. The lowest BCUT2D eigenvalue weighted by Gasteiger charge is -2.23. The molecule has 5 nitrogen and oxygen atoms in total. The van der Waals surface area contributed by atoms with E-state index in [1.807, 2.05) is 6.92 Å². The summed E-state index contributed by atoms with van der Waals surface area (Å²) < 4.78 is 5.49. The fourth-order valence-electron chi connectivity index (χ4n) is 1.50. The van der Waals surface area contributed by atoms with Crippen LogP contribution in [0, 0.1) is 0 Å². The third-order valence-electron chi connectivity index (χ3n) is 2.52. The van der Waals surface area contributed by atoms with Crippen molar-refractivity contribution in [3.63, 3.8) is 0 Å². The van der Waals surface area contributed by atoms with Crippen LogP contribution in [-0.4, -0.2) is 36.1 Å². The maximum atomic E-state index is 11.3. The molecule has 2 unspecified atom stereocenters. The summed E-state index contributed by atoms with van der Waals surface area (Å²) in [6, 6.07) is -0.533. The Morgan fingerprint density at radius 3 is 2.75 bits per heavy atom. The summed E-state index contributed by atoms with van der Waals surface area (Å²) in [5.74, 6) is -0.503. The Bertz CT molecular complexity index is 275. The van der Waals surface area contributed by atoms with Gasteiger partial charge < -0.3 is 10.1 Å². The van der Waals surface area contributed by atoms with Crippen LogP contribution < -0.4 is 10.6 Å². The minimum Gasteiger partial charge on any atom is -0.373 e. The Hall–Kier alpha value is -0.810. The molecule has 16 heavy (non-hydrogen) atoms. The Kier molecular flexibility index (Phi) is 4.56. The zero-order valence-electron chi connectivity index (χ0n) is 9.51. The van der Waals surface area contributed by atoms with Crippen LogP contribution in [-0.2, 0) is 9.53 Å². The van der Waals surface area contributed by atoms with Gasteiger partial charge in [-0.1, -0.05) is 0 Å². The van der Waals surface area contributed by atoms with Crippen molar-refractivity contribution in [3.05, 3.63) is 0 Å². The van der Waals surface area contributed by atoms with Gasteiger partial charge in [-0.2, -0.15) is 0 Å². The van der Waals surface area contributed by atoms with Gasteiger partial charge in [-0.15, -0.1) is 11.6 Å². The second kappa shape index (κ2) is 5.50. The van der Waals surface area contributed by atoms with Crippen molar-refractivity contribution in [2.24, 2.45) is 0 Å². The first-order valence-corrected chi connectivity index (χ1v) is 5.73. The molecular weight excluding hydrogens is 232 g/mol. The number of halogens is 1. The van der Waals surface area contributed by atoms with Crippen LogP contribution in [0.25, 0.3) is 0 Å². The molecule has 0 aromatic carbocycles. The van der Waals surface area contributed by atoms with Gasteiger partial charge in [-0.25, -0.2) is 4.79 Å². The molecule has 0 spiro atoms. The number of nitrogens with one attached hydrogen (secondary N) is 2. The summed E-state index contributed by atoms with van der Waals surface area (Å²) in [6.07, 6.45) is 1.91. The normalized spacial score (nSPS) is 26.2. The van der Waals surface area contributed by atoms with Gasteiger partial charge in [0.05, 0.1) is 5.60 Å². The zero-order chi connectivity index (χ0) is 12.2. The molecule has 1 aliphatic rings. The predicted molar refractivity (Wildman–Crippen MR) is 60.4 cm³/mol. The van der Waals surface area contributed by atoms with Gasteiger partial charge in [0.2, 0.25) is 5.91 Å². The van der Waals surface area contributed by atoms with Crippen molar-refractivity contribution in [1.29, 1.82) is 0 Å². The second-order valence-electron chi connectivity index (χ2n) is 4.19. The average molecular weight is 249 g/mol. The van der Waals surface area contributed by atoms with Crippen molar-refractivity contribution in [2.75, 3.05) is 13.2 Å². The van der Waals surface area contributed by atoms with E-state index in [2.05, 4.69) is 10.6 Å². The summed E-state index contributed by atoms with van der Waals surface area (Å²) in [6.45, 7) is 4.55. The molecule has 1 rings (SSSR count). The van der Waals surface area contributed by atoms with Gasteiger partial charge in [0.15, 0.2) is 0 Å². The molecule has 2 N–H and O–H groups in total. The molecule has 0 aromatic heterocycles. The van der Waals surface area contributed by atoms with E-state index in [9.17, 15) is 9.59 Å². The molecule has 0 aliphatic carbocycles. The minimum absolute atomic E-state index is 0.313. The smallest absolute Gasteiger partial charge is 0.321 e. The highest BCUT2D eigenvalue weighted by atomic mass is 35.5. The number of ether oxygens (including phenoxy) is 1. The highest BCUT2D eigenvalue weighted by Gasteiger charge is 2.30. The summed E-state index contributed by atoms with van der Waals surface area (Å²) in [7, 11) is 0. The molecule has 0 radical (unpaired) electrons. The van der Waals surface area contributed by atoms with Crippen molar-refractivity contribution < 1.29 is 14.3 Å². The third-order valence-corrected chi connectivity index (χ3v) is 2.72. The summed E-state index contributed by atoms with van der Waals surface area (Å²) >= 11 is 5.51. The quantitative estimate of drug-likeness (QED) is 0.733. The van der Waals surface area contributed by atoms with Crippen LogP contribution in [0.4, 0.5) is 4.79 Å². The zero-order valence-corrected chi connectivity index (χ0v) is 10.3. The predicted octanol–water partition coefficient (Wildman–Crippen LogP) is 1.01. The van der Waals surface area contributed by atoms with Crippen molar-refractivity contribution >= 4 is 23.5 Å². The van der Waals surface area contributed by atoms with E-state index in [1.54, 1.807) is 0 Å². The maximum absolute atomic E-state index is 11.3. The lowest BCUT2D eigenvalue weighted by atomic mass is 10.0. The minimum atomic E-state index is -0.718. The third kappa shape index (κ3) is 3.98. The molecule has 1 heterocycles. The van der Waals surface area contributed by atoms with Gasteiger partial charge in [0, 0.05) is 13.2 Å². The number of carbonyl (C=O) groups excluding carboxylic acids is 2. The molecule has 0 aromatic rings. The molecule has 2 atom stereocenters. The van der Waals surface area contributed by atoms with E-state index < -0.39 is 17.3 Å². The fraction of sp³-hybridized carbons (Fsp3) is 0.800. The van der Waals surface area contributed by atoms with Gasteiger partial charge in [-0.05, 0) is 26.7 Å². The molecule has 3 amide bonds. The number of carbonyl (C=O) groups is 2. The first-order chi connectivity index (χ1) is 7.43. The van der Waals surface area contributed by atoms with Crippen LogP contribution in [0.5, 0.6) is 0 Å². The lowest BCUT2D eigenvalue weighted by Crippen LogP contribution is -2.47. The van der Waals surface area contributed by atoms with Gasteiger partial charge >= 0.3 is 6.03 Å². The van der Waals surface area contributed by atoms with E-state index in [1.165, 1.54) is 6.92 Å². The number of rotatable bonds is 3. The van der Waals surface area contributed by atoms with Gasteiger partial charge in [0.1, 0.15) is 5.38 Å². The van der Waals surface area contributed by atoms with Crippen LogP contribution in [0.15, 0.2) is 0 Å². The molecular formula is C10H17ClN2O3. The van der Waals surface area contributed by atoms with Crippen molar-refractivity contribution in [3.8, 4) is 0 Å². The molecule has 6 heteroatoms. The van der Waals surface area contributed by atoms with E-state index in [0.29, 0.717) is 6.54 Å². The van der Waals surface area contributed by atoms with E-state index >= 15 is 0 Å². The van der Waals surface area contributed by atoms with Crippen molar-refractivity contribution in [1.82, 2.24) is 10.6 Å². The van der Waals surface area contributed by atoms with E-state index in [4.69, 9.17) is 16.3 Å². The standard InChI is InChI=1S/C10H17ClN2O3/c1-7(11)8(14)13-9(15)12-6-10(2)4-3-5-16-10/h7H,3-6H2,1-2H3,(H2,12,13,14,15). The first kappa shape index (κ1) is 13.3. The number of urea groups is 1. The lowest BCUT2D eigenvalue weighted by molar-refractivity contribution is -0.119. The Morgan fingerprint density at radius 2 is 2.25 bits per heavy atom. The number of hydrogen-bond donors (Lipinski definition) is 2. The summed E-state index contributed by atoms with van der Waals surface area (Å²) in [5, 5.41) is 4.02. The fourth-order valence-corrected chi connectivity index (χ4v) is 1.55. The number of alkyl halides is 1. The van der Waals surface area contributed by atoms with Crippen LogP contribution in [0.2, 0.25) is 0 Å². The number of hydrogen-bond acceptors (Lipinski definition) is 3. The second-order valence-corrected chi connectivity index (χ2v) is 4.84. The van der Waals surface area contributed by atoms with E-state index in [0.717, 1.165) is 19.4 Å². The Balaban J connectivity index is 2.27. The molecule has 0 saturated carbocycles. The van der Waals surface area contributed by atoms with Crippen LogP contribution in [0.3, 0.4) is 0 Å².